The molecule has 104 valence electrons. The summed E-state index contributed by atoms with van der Waals surface area (Å²) in [5.41, 5.74) is 1.97. The Hall–Kier alpha value is -1.58. The Morgan fingerprint density at radius 3 is 2.50 bits per heavy atom. The molecular formula is C15H13Cl2NO2. The van der Waals surface area contributed by atoms with Crippen molar-refractivity contribution in [2.45, 2.75) is 19.3 Å². The minimum Gasteiger partial charge on any atom is -0.478 e. The fraction of sp³-hybridized carbons (Fsp3) is 0.200. The number of carboxylic acids is 1. The van der Waals surface area contributed by atoms with E-state index < -0.39 is 5.97 Å². The minimum atomic E-state index is -1.01. The van der Waals surface area contributed by atoms with Crippen molar-refractivity contribution in [2.75, 3.05) is 0 Å². The summed E-state index contributed by atoms with van der Waals surface area (Å²) in [5, 5.41) is 9.85. The Bertz CT molecular complexity index is 629. The number of aryl methyl sites for hydroxylation is 2. The van der Waals surface area contributed by atoms with Gasteiger partial charge in [0.25, 0.3) is 0 Å². The molecule has 3 nitrogen and oxygen atoms in total. The van der Waals surface area contributed by atoms with Crippen LogP contribution in [-0.2, 0) is 12.8 Å². The lowest BCUT2D eigenvalue weighted by atomic mass is 10.0. The first-order chi connectivity index (χ1) is 9.59. The van der Waals surface area contributed by atoms with E-state index in [-0.39, 0.29) is 5.56 Å². The van der Waals surface area contributed by atoms with Crippen molar-refractivity contribution in [3.05, 3.63) is 63.4 Å². The van der Waals surface area contributed by atoms with E-state index in [2.05, 4.69) is 4.98 Å². The summed E-state index contributed by atoms with van der Waals surface area (Å²) in [6.07, 6.45) is 3.96. The number of halogens is 2. The van der Waals surface area contributed by atoms with Gasteiger partial charge in [0.1, 0.15) is 5.15 Å². The number of hydrogen-bond donors (Lipinski definition) is 1. The molecule has 1 aromatic carbocycles. The molecule has 0 fully saturated rings. The maximum absolute atomic E-state index is 11.0. The second-order valence-electron chi connectivity index (χ2n) is 4.39. The van der Waals surface area contributed by atoms with Crippen LogP contribution >= 0.6 is 23.2 Å². The number of pyridine rings is 1. The summed E-state index contributed by atoms with van der Waals surface area (Å²) in [6, 6.07) is 8.84. The van der Waals surface area contributed by atoms with E-state index in [0.29, 0.717) is 16.6 Å². The SMILES string of the molecule is O=C(O)c1cccc(CCCc2cccnc2Cl)c1Cl. The zero-order chi connectivity index (χ0) is 14.5. The van der Waals surface area contributed by atoms with E-state index in [1.165, 1.54) is 6.07 Å². The summed E-state index contributed by atoms with van der Waals surface area (Å²) in [6.45, 7) is 0. The second kappa shape index (κ2) is 6.73. The van der Waals surface area contributed by atoms with Crippen LogP contribution in [0, 0.1) is 0 Å². The van der Waals surface area contributed by atoms with E-state index in [1.807, 2.05) is 18.2 Å². The van der Waals surface area contributed by atoms with E-state index in [0.717, 1.165) is 24.0 Å². The molecule has 0 aliphatic heterocycles. The van der Waals surface area contributed by atoms with Gasteiger partial charge in [-0.05, 0) is 42.5 Å². The molecule has 1 N–H and O–H groups in total. The molecule has 0 saturated heterocycles. The van der Waals surface area contributed by atoms with E-state index >= 15 is 0 Å². The average molecular weight is 310 g/mol. The van der Waals surface area contributed by atoms with Crippen LogP contribution in [0.25, 0.3) is 0 Å². The molecule has 1 aromatic heterocycles. The lowest BCUT2D eigenvalue weighted by molar-refractivity contribution is 0.0697. The lowest BCUT2D eigenvalue weighted by Crippen LogP contribution is -2.00. The number of aromatic nitrogens is 1. The van der Waals surface area contributed by atoms with Crippen molar-refractivity contribution in [3.63, 3.8) is 0 Å². The fourth-order valence-corrected chi connectivity index (χ4v) is 2.53. The summed E-state index contributed by atoms with van der Waals surface area (Å²) < 4.78 is 0. The third-order valence-electron chi connectivity index (χ3n) is 3.04. The predicted octanol–water partition coefficient (Wildman–Crippen LogP) is 4.26. The standard InChI is InChI=1S/C15H13Cl2NO2/c16-13-10(5-2-8-12(13)15(19)20)4-1-6-11-7-3-9-18-14(11)17/h2-3,5,7-9H,1,4,6H2,(H,19,20). The number of rotatable bonds is 5. The topological polar surface area (TPSA) is 50.2 Å². The van der Waals surface area contributed by atoms with Gasteiger partial charge in [-0.25, -0.2) is 9.78 Å². The van der Waals surface area contributed by atoms with Crippen molar-refractivity contribution in [1.82, 2.24) is 4.98 Å². The third kappa shape index (κ3) is 3.50. The van der Waals surface area contributed by atoms with Gasteiger partial charge < -0.3 is 5.11 Å². The molecule has 2 rings (SSSR count). The first-order valence-corrected chi connectivity index (χ1v) is 6.95. The minimum absolute atomic E-state index is 0.142. The van der Waals surface area contributed by atoms with Gasteiger partial charge in [-0.1, -0.05) is 41.4 Å². The maximum Gasteiger partial charge on any atom is 0.337 e. The Morgan fingerprint density at radius 1 is 1.10 bits per heavy atom. The molecule has 0 bridgehead atoms. The Labute approximate surface area is 127 Å². The maximum atomic E-state index is 11.0. The first-order valence-electron chi connectivity index (χ1n) is 6.19. The van der Waals surface area contributed by atoms with Crippen molar-refractivity contribution in [3.8, 4) is 0 Å². The second-order valence-corrected chi connectivity index (χ2v) is 5.13. The van der Waals surface area contributed by atoms with Gasteiger partial charge in [-0.3, -0.25) is 0 Å². The molecule has 0 aliphatic carbocycles. The van der Waals surface area contributed by atoms with Gasteiger partial charge in [0.2, 0.25) is 0 Å². The monoisotopic (exact) mass is 309 g/mol. The fourth-order valence-electron chi connectivity index (χ4n) is 2.01. The average Bonchev–Trinajstić information content (AvgIpc) is 2.42. The van der Waals surface area contributed by atoms with Gasteiger partial charge in [0, 0.05) is 6.20 Å². The van der Waals surface area contributed by atoms with Gasteiger partial charge in [-0.15, -0.1) is 0 Å². The number of hydrogen-bond acceptors (Lipinski definition) is 2. The summed E-state index contributed by atoms with van der Waals surface area (Å²) in [4.78, 5) is 15.0. The Morgan fingerprint density at radius 2 is 1.80 bits per heavy atom. The van der Waals surface area contributed by atoms with Gasteiger partial charge in [-0.2, -0.15) is 0 Å². The van der Waals surface area contributed by atoms with Gasteiger partial charge >= 0.3 is 5.97 Å². The van der Waals surface area contributed by atoms with Crippen LogP contribution in [0.2, 0.25) is 10.2 Å². The largest absolute Gasteiger partial charge is 0.478 e. The summed E-state index contributed by atoms with van der Waals surface area (Å²) >= 11 is 12.1. The lowest BCUT2D eigenvalue weighted by Gasteiger charge is -2.07. The highest BCUT2D eigenvalue weighted by molar-refractivity contribution is 6.34. The van der Waals surface area contributed by atoms with Crippen molar-refractivity contribution in [1.29, 1.82) is 0 Å². The van der Waals surface area contributed by atoms with Crippen molar-refractivity contribution >= 4 is 29.2 Å². The zero-order valence-electron chi connectivity index (χ0n) is 10.6. The number of aromatic carboxylic acids is 1. The van der Waals surface area contributed by atoms with Crippen LogP contribution in [0.3, 0.4) is 0 Å². The number of nitrogens with zero attached hydrogens (tertiary/aromatic N) is 1. The molecule has 0 radical (unpaired) electrons. The van der Waals surface area contributed by atoms with Gasteiger partial charge in [0.15, 0.2) is 0 Å². The van der Waals surface area contributed by atoms with Crippen LogP contribution in [0.15, 0.2) is 36.5 Å². The number of carbonyl (C=O) groups is 1. The predicted molar refractivity (Wildman–Crippen MR) is 79.7 cm³/mol. The number of benzene rings is 1. The highest BCUT2D eigenvalue weighted by Crippen LogP contribution is 2.23. The van der Waals surface area contributed by atoms with Crippen molar-refractivity contribution in [2.24, 2.45) is 0 Å². The van der Waals surface area contributed by atoms with Crippen LogP contribution in [0.4, 0.5) is 0 Å². The molecule has 0 spiro atoms. The molecule has 20 heavy (non-hydrogen) atoms. The molecule has 5 heteroatoms. The highest BCUT2D eigenvalue weighted by Gasteiger charge is 2.11. The smallest absolute Gasteiger partial charge is 0.337 e. The third-order valence-corrected chi connectivity index (χ3v) is 3.82. The molecule has 0 unspecified atom stereocenters. The van der Waals surface area contributed by atoms with Crippen LogP contribution in [0.1, 0.15) is 27.9 Å². The number of carboxylic acid groups (broad SMARTS) is 1. The quantitative estimate of drug-likeness (QED) is 0.839. The molecule has 1 heterocycles. The molecule has 2 aromatic rings. The molecule has 0 atom stereocenters. The Kier molecular flexibility index (Phi) is 4.99. The van der Waals surface area contributed by atoms with Gasteiger partial charge in [0.05, 0.1) is 10.6 Å². The normalized spacial score (nSPS) is 10.5. The molecule has 0 saturated carbocycles. The first kappa shape index (κ1) is 14.8. The van der Waals surface area contributed by atoms with E-state index in [1.54, 1.807) is 12.3 Å². The molecular weight excluding hydrogens is 297 g/mol. The van der Waals surface area contributed by atoms with Crippen LogP contribution in [0.5, 0.6) is 0 Å². The zero-order valence-corrected chi connectivity index (χ0v) is 12.2. The van der Waals surface area contributed by atoms with Crippen LogP contribution in [-0.4, -0.2) is 16.1 Å². The molecule has 0 amide bonds. The van der Waals surface area contributed by atoms with Crippen molar-refractivity contribution < 1.29 is 9.90 Å². The summed E-state index contributed by atoms with van der Waals surface area (Å²) in [5.74, 6) is -1.01. The summed E-state index contributed by atoms with van der Waals surface area (Å²) in [7, 11) is 0. The molecule has 0 aliphatic rings. The van der Waals surface area contributed by atoms with E-state index in [9.17, 15) is 4.79 Å². The highest BCUT2D eigenvalue weighted by atomic mass is 35.5. The Balaban J connectivity index is 2.03. The van der Waals surface area contributed by atoms with E-state index in [4.69, 9.17) is 28.3 Å². The van der Waals surface area contributed by atoms with Crippen LogP contribution < -0.4 is 0 Å².